The van der Waals surface area contributed by atoms with Gasteiger partial charge in [0.25, 0.3) is 0 Å². The Hall–Kier alpha value is -0.590. The molecule has 0 spiro atoms. The van der Waals surface area contributed by atoms with Crippen LogP contribution >= 0.6 is 0 Å². The average Bonchev–Trinajstić information content (AvgIpc) is 2.27. The van der Waals surface area contributed by atoms with Crippen LogP contribution in [0.1, 0.15) is 52.9 Å². The number of nitriles is 1. The van der Waals surface area contributed by atoms with Gasteiger partial charge < -0.3 is 4.90 Å². The van der Waals surface area contributed by atoms with Crippen molar-refractivity contribution in [2.24, 2.45) is 0 Å². The van der Waals surface area contributed by atoms with Crippen molar-refractivity contribution in [3.05, 3.63) is 0 Å². The summed E-state index contributed by atoms with van der Waals surface area (Å²) < 4.78 is 0. The molecule has 17 heavy (non-hydrogen) atoms. The summed E-state index contributed by atoms with van der Waals surface area (Å²) in [7, 11) is 0. The summed E-state index contributed by atoms with van der Waals surface area (Å²) in [6, 6.07) is 2.37. The van der Waals surface area contributed by atoms with Gasteiger partial charge in [-0.25, -0.2) is 0 Å². The van der Waals surface area contributed by atoms with E-state index < -0.39 is 0 Å². The smallest absolute Gasteiger partial charge is 0.0957 e. The molecule has 1 aliphatic rings. The summed E-state index contributed by atoms with van der Waals surface area (Å²) in [6.45, 7) is 10.0. The summed E-state index contributed by atoms with van der Waals surface area (Å²) in [5.41, 5.74) is 0.0333. The second-order valence-electron chi connectivity index (χ2n) is 6.12. The predicted molar refractivity (Wildman–Crippen MR) is 71.8 cm³/mol. The number of likely N-dealkylation sites (tertiary alicyclic amines) is 1. The molecule has 3 heteroatoms. The van der Waals surface area contributed by atoms with E-state index in [1.54, 1.807) is 0 Å². The quantitative estimate of drug-likeness (QED) is 0.798. The van der Waals surface area contributed by atoms with Gasteiger partial charge in [0.15, 0.2) is 0 Å². The van der Waals surface area contributed by atoms with E-state index in [1.165, 1.54) is 32.4 Å². The SMILES string of the molecule is CC(C)(C)NC(C#N)CCCN1CCCCC1. The fourth-order valence-electron chi connectivity index (χ4n) is 2.39. The highest BCUT2D eigenvalue weighted by atomic mass is 15.1. The van der Waals surface area contributed by atoms with Crippen LogP contribution in [0.3, 0.4) is 0 Å². The standard InChI is InChI=1S/C14H27N3/c1-14(2,3)16-13(12-15)8-7-11-17-9-5-4-6-10-17/h13,16H,4-11H2,1-3H3. The normalized spacial score (nSPS) is 19.9. The first-order valence-corrected chi connectivity index (χ1v) is 6.91. The van der Waals surface area contributed by atoms with Crippen LogP contribution in [0.2, 0.25) is 0 Å². The average molecular weight is 237 g/mol. The van der Waals surface area contributed by atoms with Crippen molar-refractivity contribution in [2.75, 3.05) is 19.6 Å². The lowest BCUT2D eigenvalue weighted by molar-refractivity contribution is 0.221. The molecule has 1 saturated heterocycles. The summed E-state index contributed by atoms with van der Waals surface area (Å²) >= 11 is 0. The molecular weight excluding hydrogens is 210 g/mol. The maximum Gasteiger partial charge on any atom is 0.0957 e. The highest BCUT2D eigenvalue weighted by Crippen LogP contribution is 2.11. The summed E-state index contributed by atoms with van der Waals surface area (Å²) in [6.07, 6.45) is 6.18. The minimum absolute atomic E-state index is 0.000194. The lowest BCUT2D eigenvalue weighted by atomic mass is 10.0. The van der Waals surface area contributed by atoms with Gasteiger partial charge in [0.05, 0.1) is 12.1 Å². The molecule has 98 valence electrons. The molecule has 1 rings (SSSR count). The van der Waals surface area contributed by atoms with E-state index in [-0.39, 0.29) is 11.6 Å². The van der Waals surface area contributed by atoms with Crippen molar-refractivity contribution in [3.63, 3.8) is 0 Å². The first-order chi connectivity index (χ1) is 8.01. The van der Waals surface area contributed by atoms with Crippen molar-refractivity contribution < 1.29 is 0 Å². The van der Waals surface area contributed by atoms with E-state index in [2.05, 4.69) is 37.1 Å². The maximum absolute atomic E-state index is 9.10. The molecule has 0 aromatic carbocycles. The number of nitrogens with zero attached hydrogens (tertiary/aromatic N) is 2. The molecule has 1 unspecified atom stereocenters. The van der Waals surface area contributed by atoms with Gasteiger partial charge in [0.2, 0.25) is 0 Å². The molecule has 0 amide bonds. The highest BCUT2D eigenvalue weighted by Gasteiger charge is 2.17. The molecule has 0 saturated carbocycles. The Morgan fingerprint density at radius 1 is 1.24 bits per heavy atom. The van der Waals surface area contributed by atoms with E-state index >= 15 is 0 Å². The van der Waals surface area contributed by atoms with Gasteiger partial charge in [-0.3, -0.25) is 5.32 Å². The lowest BCUT2D eigenvalue weighted by Gasteiger charge is -2.28. The van der Waals surface area contributed by atoms with Crippen molar-refractivity contribution in [3.8, 4) is 6.07 Å². The van der Waals surface area contributed by atoms with Gasteiger partial charge in [0.1, 0.15) is 0 Å². The minimum Gasteiger partial charge on any atom is -0.303 e. The van der Waals surface area contributed by atoms with E-state index in [4.69, 9.17) is 5.26 Å². The number of nitrogens with one attached hydrogen (secondary N) is 1. The first-order valence-electron chi connectivity index (χ1n) is 6.91. The van der Waals surface area contributed by atoms with Crippen LogP contribution in [0.5, 0.6) is 0 Å². The van der Waals surface area contributed by atoms with Gasteiger partial charge in [-0.2, -0.15) is 5.26 Å². The van der Waals surface area contributed by atoms with Crippen LogP contribution in [-0.4, -0.2) is 36.1 Å². The molecule has 1 heterocycles. The van der Waals surface area contributed by atoms with E-state index in [1.807, 2.05) is 0 Å². The molecule has 0 aromatic heterocycles. The van der Waals surface area contributed by atoms with Crippen molar-refractivity contribution in [1.29, 1.82) is 5.26 Å². The van der Waals surface area contributed by atoms with Crippen LogP contribution in [0, 0.1) is 11.3 Å². The van der Waals surface area contributed by atoms with Gasteiger partial charge in [-0.05, 0) is 66.1 Å². The third-order valence-corrected chi connectivity index (χ3v) is 3.18. The van der Waals surface area contributed by atoms with Crippen LogP contribution in [0.25, 0.3) is 0 Å². The van der Waals surface area contributed by atoms with Crippen LogP contribution in [0.15, 0.2) is 0 Å². The molecule has 1 N–H and O–H groups in total. The maximum atomic E-state index is 9.10. The molecule has 1 atom stereocenters. The highest BCUT2D eigenvalue weighted by molar-refractivity contribution is 4.93. The van der Waals surface area contributed by atoms with Gasteiger partial charge in [0, 0.05) is 5.54 Å². The zero-order valence-electron chi connectivity index (χ0n) is 11.6. The minimum atomic E-state index is -0.000194. The van der Waals surface area contributed by atoms with Gasteiger partial charge in [-0.1, -0.05) is 6.42 Å². The Balaban J connectivity index is 2.17. The van der Waals surface area contributed by atoms with E-state index in [0.717, 1.165) is 19.4 Å². The fourth-order valence-corrected chi connectivity index (χ4v) is 2.39. The molecule has 0 aliphatic carbocycles. The third kappa shape index (κ3) is 6.65. The number of piperidine rings is 1. The molecule has 0 radical (unpaired) electrons. The molecular formula is C14H27N3. The van der Waals surface area contributed by atoms with E-state index in [9.17, 15) is 0 Å². The number of hydrogen-bond donors (Lipinski definition) is 1. The molecule has 1 aliphatic heterocycles. The van der Waals surface area contributed by atoms with Crippen molar-refractivity contribution in [1.82, 2.24) is 10.2 Å². The fraction of sp³-hybridized carbons (Fsp3) is 0.929. The van der Waals surface area contributed by atoms with Gasteiger partial charge in [-0.15, -0.1) is 0 Å². The molecule has 3 nitrogen and oxygen atoms in total. The zero-order chi connectivity index (χ0) is 12.7. The summed E-state index contributed by atoms with van der Waals surface area (Å²) in [5.74, 6) is 0. The molecule has 0 bridgehead atoms. The summed E-state index contributed by atoms with van der Waals surface area (Å²) in [5, 5.41) is 12.5. The summed E-state index contributed by atoms with van der Waals surface area (Å²) in [4.78, 5) is 2.54. The monoisotopic (exact) mass is 237 g/mol. The zero-order valence-corrected chi connectivity index (χ0v) is 11.6. The predicted octanol–water partition coefficient (Wildman–Crippen LogP) is 2.53. The molecule has 1 fully saturated rings. The Bertz CT molecular complexity index is 243. The largest absolute Gasteiger partial charge is 0.303 e. The molecule has 0 aromatic rings. The first kappa shape index (κ1) is 14.5. The second kappa shape index (κ2) is 6.98. The Morgan fingerprint density at radius 3 is 2.41 bits per heavy atom. The Kier molecular flexibility index (Phi) is 5.94. The Morgan fingerprint density at radius 2 is 1.88 bits per heavy atom. The van der Waals surface area contributed by atoms with Gasteiger partial charge >= 0.3 is 0 Å². The second-order valence-corrected chi connectivity index (χ2v) is 6.12. The van der Waals surface area contributed by atoms with Crippen LogP contribution in [-0.2, 0) is 0 Å². The van der Waals surface area contributed by atoms with Crippen LogP contribution < -0.4 is 5.32 Å². The number of hydrogen-bond acceptors (Lipinski definition) is 3. The topological polar surface area (TPSA) is 39.1 Å². The van der Waals surface area contributed by atoms with Crippen LogP contribution in [0.4, 0.5) is 0 Å². The van der Waals surface area contributed by atoms with Crippen molar-refractivity contribution >= 4 is 0 Å². The Labute approximate surface area is 106 Å². The van der Waals surface area contributed by atoms with Crippen molar-refractivity contribution in [2.45, 2.75) is 64.5 Å². The third-order valence-electron chi connectivity index (χ3n) is 3.18. The number of rotatable bonds is 5. The lowest BCUT2D eigenvalue weighted by Crippen LogP contribution is -2.43. The van der Waals surface area contributed by atoms with E-state index in [0.29, 0.717) is 0 Å².